The fourth-order valence-corrected chi connectivity index (χ4v) is 3.72. The number of benzene rings is 1. The Morgan fingerprint density at radius 3 is 2.58 bits per heavy atom. The summed E-state index contributed by atoms with van der Waals surface area (Å²) in [6.45, 7) is 2.51. The van der Waals surface area contributed by atoms with Crippen LogP contribution in [-0.4, -0.2) is 54.6 Å². The summed E-state index contributed by atoms with van der Waals surface area (Å²) in [7, 11) is 0. The van der Waals surface area contributed by atoms with Crippen molar-refractivity contribution in [3.63, 3.8) is 0 Å². The van der Waals surface area contributed by atoms with E-state index < -0.39 is 5.60 Å². The van der Waals surface area contributed by atoms with Gasteiger partial charge in [-0.1, -0.05) is 25.7 Å². The molecule has 1 heterocycles. The minimum absolute atomic E-state index is 0.155. The maximum Gasteiger partial charge on any atom is 0.134 e. The fraction of sp³-hybridized carbons (Fsp3) is 0.684. The smallest absolute Gasteiger partial charge is 0.134 e. The van der Waals surface area contributed by atoms with Crippen molar-refractivity contribution in [2.24, 2.45) is 0 Å². The second-order valence-corrected chi connectivity index (χ2v) is 7.14. The number of rotatable bonds is 4. The molecule has 0 spiro atoms. The zero-order valence-corrected chi connectivity index (χ0v) is 14.3. The van der Waals surface area contributed by atoms with Crippen LogP contribution in [0.5, 0.6) is 5.75 Å². The van der Waals surface area contributed by atoms with Crippen LogP contribution in [0.15, 0.2) is 24.3 Å². The van der Waals surface area contributed by atoms with Gasteiger partial charge in [0.05, 0.1) is 13.2 Å². The number of hydrogen-bond acceptors (Lipinski definition) is 4. The van der Waals surface area contributed by atoms with Gasteiger partial charge in [0, 0.05) is 19.1 Å². The quantitative estimate of drug-likeness (QED) is 0.858. The Balaban J connectivity index is 1.60. The average molecular weight is 337 g/mol. The zero-order chi connectivity index (χ0) is 16.8. The van der Waals surface area contributed by atoms with Gasteiger partial charge >= 0.3 is 0 Å². The maximum absolute atomic E-state index is 13.0. The second kappa shape index (κ2) is 8.28. The van der Waals surface area contributed by atoms with Gasteiger partial charge in [0.1, 0.15) is 23.8 Å². The Labute approximate surface area is 143 Å². The highest BCUT2D eigenvalue weighted by molar-refractivity contribution is 5.22. The van der Waals surface area contributed by atoms with Crippen molar-refractivity contribution in [3.05, 3.63) is 30.1 Å². The summed E-state index contributed by atoms with van der Waals surface area (Å²) in [6.07, 6.45) is 7.58. The molecule has 1 atom stereocenters. The highest BCUT2D eigenvalue weighted by Gasteiger charge is 2.36. The predicted molar refractivity (Wildman–Crippen MR) is 90.7 cm³/mol. The van der Waals surface area contributed by atoms with Crippen LogP contribution in [0.1, 0.15) is 38.5 Å². The number of halogens is 1. The zero-order valence-electron chi connectivity index (χ0n) is 14.3. The molecule has 0 amide bonds. The third-order valence-electron chi connectivity index (χ3n) is 5.05. The fourth-order valence-electron chi connectivity index (χ4n) is 3.72. The van der Waals surface area contributed by atoms with Gasteiger partial charge < -0.3 is 14.6 Å². The highest BCUT2D eigenvalue weighted by Crippen LogP contribution is 2.25. The summed E-state index contributed by atoms with van der Waals surface area (Å²) in [4.78, 5) is 2.38. The topological polar surface area (TPSA) is 41.9 Å². The lowest BCUT2D eigenvalue weighted by molar-refractivity contribution is -0.0675. The van der Waals surface area contributed by atoms with Crippen LogP contribution in [-0.2, 0) is 4.74 Å². The van der Waals surface area contributed by atoms with E-state index in [4.69, 9.17) is 9.47 Å². The molecule has 1 aliphatic carbocycles. The van der Waals surface area contributed by atoms with Gasteiger partial charge in [0.2, 0.25) is 0 Å². The minimum Gasteiger partial charge on any atom is -0.490 e. The van der Waals surface area contributed by atoms with Crippen LogP contribution in [0.2, 0.25) is 0 Å². The monoisotopic (exact) mass is 337 g/mol. The third-order valence-corrected chi connectivity index (χ3v) is 5.05. The molecule has 0 aromatic heterocycles. The molecule has 5 heteroatoms. The Morgan fingerprint density at radius 1 is 1.17 bits per heavy atom. The molecular weight excluding hydrogens is 309 g/mol. The molecule has 4 nitrogen and oxygen atoms in total. The van der Waals surface area contributed by atoms with Crippen LogP contribution in [0.3, 0.4) is 0 Å². The summed E-state index contributed by atoms with van der Waals surface area (Å²) in [5, 5.41) is 11.0. The van der Waals surface area contributed by atoms with Crippen LogP contribution in [0, 0.1) is 5.82 Å². The molecule has 0 bridgehead atoms. The van der Waals surface area contributed by atoms with Gasteiger partial charge in [-0.05, 0) is 37.1 Å². The summed E-state index contributed by atoms with van der Waals surface area (Å²) in [5.41, 5.74) is -1.03. The first-order chi connectivity index (χ1) is 11.6. The van der Waals surface area contributed by atoms with Crippen molar-refractivity contribution in [2.75, 3.05) is 32.9 Å². The molecule has 2 fully saturated rings. The standard InChI is InChI=1S/C19H28FNO3/c20-16-7-9-18(10-8-16)24-15-19(22)13-21(11-12-23-14-19)17-5-3-1-2-4-6-17/h7-10,17,22H,1-6,11-15H2/t19-/m0/s1. The molecule has 1 aromatic rings. The number of β-amino-alcohol motifs (C(OH)–C–C–N with tert-alkyl or cyclic N) is 1. The molecule has 0 unspecified atom stereocenters. The molecule has 134 valence electrons. The summed E-state index contributed by atoms with van der Waals surface area (Å²) >= 11 is 0. The van der Waals surface area contributed by atoms with Crippen molar-refractivity contribution in [1.82, 2.24) is 4.90 Å². The first kappa shape index (κ1) is 17.6. The predicted octanol–water partition coefficient (Wildman–Crippen LogP) is 2.99. The van der Waals surface area contributed by atoms with Crippen LogP contribution in [0.4, 0.5) is 4.39 Å². The van der Waals surface area contributed by atoms with Crippen molar-refractivity contribution >= 4 is 0 Å². The lowest BCUT2D eigenvalue weighted by Gasteiger charge is -2.35. The number of ether oxygens (including phenoxy) is 2. The van der Waals surface area contributed by atoms with Gasteiger partial charge in [0.25, 0.3) is 0 Å². The van der Waals surface area contributed by atoms with Gasteiger partial charge in [-0.2, -0.15) is 0 Å². The van der Waals surface area contributed by atoms with E-state index in [1.807, 2.05) is 0 Å². The number of aliphatic hydroxyl groups is 1. The molecular formula is C19H28FNO3. The molecule has 24 heavy (non-hydrogen) atoms. The Bertz CT molecular complexity index is 502. The van der Waals surface area contributed by atoms with E-state index in [1.165, 1.54) is 50.7 Å². The molecule has 3 rings (SSSR count). The highest BCUT2D eigenvalue weighted by atomic mass is 19.1. The SMILES string of the molecule is O[C@]1(COc2ccc(F)cc2)COCCN(C2CCCCCC2)C1. The van der Waals surface area contributed by atoms with Crippen molar-refractivity contribution in [2.45, 2.75) is 50.2 Å². The van der Waals surface area contributed by atoms with E-state index in [1.54, 1.807) is 12.1 Å². The van der Waals surface area contributed by atoms with E-state index in [9.17, 15) is 9.50 Å². The summed E-state index contributed by atoms with van der Waals surface area (Å²) < 4.78 is 24.3. The lowest BCUT2D eigenvalue weighted by Crippen LogP contribution is -2.51. The number of nitrogens with zero attached hydrogens (tertiary/aromatic N) is 1. The number of hydrogen-bond donors (Lipinski definition) is 1. The van der Waals surface area contributed by atoms with Gasteiger partial charge in [-0.3, -0.25) is 4.90 Å². The van der Waals surface area contributed by atoms with E-state index in [-0.39, 0.29) is 19.0 Å². The molecule has 1 N–H and O–H groups in total. The summed E-state index contributed by atoms with van der Waals surface area (Å²) in [5.74, 6) is 0.272. The molecule has 2 aliphatic rings. The molecule has 1 aromatic carbocycles. The second-order valence-electron chi connectivity index (χ2n) is 7.14. The van der Waals surface area contributed by atoms with E-state index in [0.29, 0.717) is 24.9 Å². The Morgan fingerprint density at radius 2 is 1.88 bits per heavy atom. The van der Waals surface area contributed by atoms with Crippen molar-refractivity contribution in [3.8, 4) is 5.75 Å². The average Bonchev–Trinajstić information content (AvgIpc) is 2.96. The molecule has 1 saturated carbocycles. The minimum atomic E-state index is -1.03. The van der Waals surface area contributed by atoms with Crippen LogP contribution in [0.25, 0.3) is 0 Å². The first-order valence-electron chi connectivity index (χ1n) is 9.07. The van der Waals surface area contributed by atoms with Gasteiger partial charge in [-0.15, -0.1) is 0 Å². The van der Waals surface area contributed by atoms with Gasteiger partial charge in [-0.25, -0.2) is 4.39 Å². The largest absolute Gasteiger partial charge is 0.490 e. The van der Waals surface area contributed by atoms with Crippen molar-refractivity contribution < 1.29 is 19.0 Å². The molecule has 0 radical (unpaired) electrons. The Kier molecular flexibility index (Phi) is 6.09. The summed E-state index contributed by atoms with van der Waals surface area (Å²) in [6, 6.07) is 6.42. The van der Waals surface area contributed by atoms with E-state index >= 15 is 0 Å². The molecule has 1 aliphatic heterocycles. The maximum atomic E-state index is 13.0. The third kappa shape index (κ3) is 4.91. The Hall–Kier alpha value is -1.17. The van der Waals surface area contributed by atoms with E-state index in [2.05, 4.69) is 4.90 Å². The normalized spacial score (nSPS) is 27.4. The van der Waals surface area contributed by atoms with Crippen molar-refractivity contribution in [1.29, 1.82) is 0 Å². The van der Waals surface area contributed by atoms with Crippen LogP contribution >= 0.6 is 0 Å². The van der Waals surface area contributed by atoms with E-state index in [0.717, 1.165) is 6.54 Å². The first-order valence-corrected chi connectivity index (χ1v) is 9.07. The lowest BCUT2D eigenvalue weighted by atomic mass is 10.0. The van der Waals surface area contributed by atoms with Crippen LogP contribution < -0.4 is 4.74 Å². The molecule has 1 saturated heterocycles. The van der Waals surface area contributed by atoms with Gasteiger partial charge in [0.15, 0.2) is 0 Å².